The first-order valence-corrected chi connectivity index (χ1v) is 10.1. The molecule has 1 aliphatic rings. The fraction of sp³-hybridized carbons (Fsp3) is 0.391. The number of hydrogen-bond donors (Lipinski definition) is 0. The zero-order chi connectivity index (χ0) is 21.0. The summed E-state index contributed by atoms with van der Waals surface area (Å²) in [4.78, 5) is 18.9. The minimum atomic E-state index is -0.508. The second kappa shape index (κ2) is 8.95. The predicted molar refractivity (Wildman–Crippen MR) is 114 cm³/mol. The molecule has 2 aromatic carbocycles. The lowest BCUT2D eigenvalue weighted by Gasteiger charge is -2.36. The van der Waals surface area contributed by atoms with Crippen molar-refractivity contribution >= 4 is 17.3 Å². The standard InChI is InChI=1S/C23H27FN4O/c1-4-28(17(2)3)19-10-8-18(9-11-19)23(29)27-14-12-26(13-15-27)22-7-5-6-21(24)20(22)16-25/h5-11,17H,4,12-15H2,1-3H3. The van der Waals surface area contributed by atoms with E-state index in [1.54, 1.807) is 12.1 Å². The molecule has 0 atom stereocenters. The summed E-state index contributed by atoms with van der Waals surface area (Å²) in [5.74, 6) is -0.505. The van der Waals surface area contributed by atoms with Gasteiger partial charge >= 0.3 is 0 Å². The number of nitrogens with zero attached hydrogens (tertiary/aromatic N) is 4. The molecule has 0 aliphatic carbocycles. The zero-order valence-electron chi connectivity index (χ0n) is 17.2. The molecule has 1 saturated heterocycles. The molecule has 152 valence electrons. The Labute approximate surface area is 171 Å². The molecule has 0 radical (unpaired) electrons. The average Bonchev–Trinajstić information content (AvgIpc) is 2.74. The van der Waals surface area contributed by atoms with E-state index in [0.29, 0.717) is 43.5 Å². The number of benzene rings is 2. The van der Waals surface area contributed by atoms with Crippen molar-refractivity contribution < 1.29 is 9.18 Å². The summed E-state index contributed by atoms with van der Waals surface area (Å²) in [5.41, 5.74) is 2.44. The highest BCUT2D eigenvalue weighted by Gasteiger charge is 2.24. The van der Waals surface area contributed by atoms with Gasteiger partial charge in [-0.05, 0) is 57.2 Å². The molecule has 1 aliphatic heterocycles. The van der Waals surface area contributed by atoms with Crippen LogP contribution in [0.4, 0.5) is 15.8 Å². The number of piperazine rings is 1. The number of nitriles is 1. The largest absolute Gasteiger partial charge is 0.369 e. The van der Waals surface area contributed by atoms with E-state index in [4.69, 9.17) is 0 Å². The third kappa shape index (κ3) is 4.34. The molecule has 1 fully saturated rings. The van der Waals surface area contributed by atoms with Crippen molar-refractivity contribution in [2.24, 2.45) is 0 Å². The van der Waals surface area contributed by atoms with Gasteiger partial charge in [0, 0.05) is 50.0 Å². The van der Waals surface area contributed by atoms with Crippen LogP contribution in [0.15, 0.2) is 42.5 Å². The maximum absolute atomic E-state index is 13.9. The van der Waals surface area contributed by atoms with Crippen LogP contribution in [0.5, 0.6) is 0 Å². The molecule has 0 spiro atoms. The van der Waals surface area contributed by atoms with Crippen LogP contribution in [0.25, 0.3) is 0 Å². The Morgan fingerprint density at radius 2 is 1.79 bits per heavy atom. The van der Waals surface area contributed by atoms with Gasteiger partial charge in [-0.3, -0.25) is 4.79 Å². The van der Waals surface area contributed by atoms with E-state index in [1.165, 1.54) is 6.07 Å². The van der Waals surface area contributed by atoms with E-state index in [1.807, 2.05) is 40.1 Å². The van der Waals surface area contributed by atoms with Gasteiger partial charge in [0.2, 0.25) is 0 Å². The minimum Gasteiger partial charge on any atom is -0.369 e. The Morgan fingerprint density at radius 1 is 1.14 bits per heavy atom. The first-order chi connectivity index (χ1) is 14.0. The van der Waals surface area contributed by atoms with Crippen LogP contribution in [0.2, 0.25) is 0 Å². The van der Waals surface area contributed by atoms with Crippen LogP contribution in [-0.4, -0.2) is 49.6 Å². The van der Waals surface area contributed by atoms with E-state index >= 15 is 0 Å². The van der Waals surface area contributed by atoms with Gasteiger partial charge in [0.05, 0.1) is 5.69 Å². The number of amides is 1. The molecule has 1 amide bonds. The molecule has 29 heavy (non-hydrogen) atoms. The average molecular weight is 394 g/mol. The van der Waals surface area contributed by atoms with Crippen molar-refractivity contribution in [1.29, 1.82) is 5.26 Å². The predicted octanol–water partition coefficient (Wildman–Crippen LogP) is 3.89. The fourth-order valence-electron chi connectivity index (χ4n) is 3.86. The quantitative estimate of drug-likeness (QED) is 0.772. The summed E-state index contributed by atoms with van der Waals surface area (Å²) in [5, 5.41) is 9.25. The van der Waals surface area contributed by atoms with Gasteiger partial charge in [-0.2, -0.15) is 5.26 Å². The lowest BCUT2D eigenvalue weighted by Crippen LogP contribution is -2.49. The SMILES string of the molecule is CCN(c1ccc(C(=O)N2CCN(c3cccc(F)c3C#N)CC2)cc1)C(C)C. The van der Waals surface area contributed by atoms with E-state index in [-0.39, 0.29) is 11.5 Å². The van der Waals surface area contributed by atoms with Gasteiger partial charge in [0.1, 0.15) is 17.4 Å². The Balaban J connectivity index is 1.66. The minimum absolute atomic E-state index is 0.00328. The molecule has 6 heteroatoms. The van der Waals surface area contributed by atoms with Gasteiger partial charge in [-0.1, -0.05) is 6.07 Å². The topological polar surface area (TPSA) is 50.6 Å². The van der Waals surface area contributed by atoms with Crippen molar-refractivity contribution in [1.82, 2.24) is 4.90 Å². The lowest BCUT2D eigenvalue weighted by molar-refractivity contribution is 0.0747. The second-order valence-corrected chi connectivity index (χ2v) is 7.45. The summed E-state index contributed by atoms with van der Waals surface area (Å²) in [7, 11) is 0. The highest BCUT2D eigenvalue weighted by atomic mass is 19.1. The van der Waals surface area contributed by atoms with Gasteiger partial charge in [-0.25, -0.2) is 4.39 Å². The van der Waals surface area contributed by atoms with Crippen LogP contribution in [0, 0.1) is 17.1 Å². The Kier molecular flexibility index (Phi) is 6.38. The molecule has 1 heterocycles. The van der Waals surface area contributed by atoms with Crippen LogP contribution < -0.4 is 9.80 Å². The van der Waals surface area contributed by atoms with E-state index < -0.39 is 5.82 Å². The summed E-state index contributed by atoms with van der Waals surface area (Å²) < 4.78 is 13.9. The molecule has 0 N–H and O–H groups in total. The summed E-state index contributed by atoms with van der Waals surface area (Å²) in [6.45, 7) is 9.55. The number of rotatable bonds is 5. The van der Waals surface area contributed by atoms with Crippen molar-refractivity contribution in [2.75, 3.05) is 42.5 Å². The normalized spacial score (nSPS) is 14.1. The maximum atomic E-state index is 13.9. The molecule has 2 aromatic rings. The molecule has 0 aromatic heterocycles. The molecular weight excluding hydrogens is 367 g/mol. The molecular formula is C23H27FN4O. The lowest BCUT2D eigenvalue weighted by atomic mass is 10.1. The number of hydrogen-bond acceptors (Lipinski definition) is 4. The Bertz CT molecular complexity index is 896. The third-order valence-corrected chi connectivity index (χ3v) is 5.42. The highest BCUT2D eigenvalue weighted by molar-refractivity contribution is 5.94. The molecule has 0 bridgehead atoms. The summed E-state index contributed by atoms with van der Waals surface area (Å²) in [6, 6.07) is 14.8. The van der Waals surface area contributed by atoms with E-state index in [0.717, 1.165) is 12.2 Å². The van der Waals surface area contributed by atoms with E-state index in [9.17, 15) is 14.4 Å². The highest BCUT2D eigenvalue weighted by Crippen LogP contribution is 2.24. The van der Waals surface area contributed by atoms with Gasteiger partial charge < -0.3 is 14.7 Å². The number of anilines is 2. The number of carbonyl (C=O) groups is 1. The number of carbonyl (C=O) groups excluding carboxylic acids is 1. The van der Waals surface area contributed by atoms with Crippen molar-refractivity contribution in [2.45, 2.75) is 26.8 Å². The molecule has 0 unspecified atom stereocenters. The summed E-state index contributed by atoms with van der Waals surface area (Å²) >= 11 is 0. The van der Waals surface area contributed by atoms with Crippen LogP contribution in [-0.2, 0) is 0 Å². The number of halogens is 1. The maximum Gasteiger partial charge on any atom is 0.253 e. The van der Waals surface area contributed by atoms with Gasteiger partial charge in [-0.15, -0.1) is 0 Å². The summed E-state index contributed by atoms with van der Waals surface area (Å²) in [6.07, 6.45) is 0. The molecule has 0 saturated carbocycles. The molecule has 3 rings (SSSR count). The smallest absolute Gasteiger partial charge is 0.253 e. The van der Waals surface area contributed by atoms with E-state index in [2.05, 4.69) is 25.7 Å². The van der Waals surface area contributed by atoms with Gasteiger partial charge in [0.25, 0.3) is 5.91 Å². The fourth-order valence-corrected chi connectivity index (χ4v) is 3.86. The Morgan fingerprint density at radius 3 is 2.34 bits per heavy atom. The van der Waals surface area contributed by atoms with Crippen LogP contribution in [0.3, 0.4) is 0 Å². The van der Waals surface area contributed by atoms with Crippen molar-refractivity contribution in [3.63, 3.8) is 0 Å². The van der Waals surface area contributed by atoms with Crippen LogP contribution >= 0.6 is 0 Å². The zero-order valence-corrected chi connectivity index (χ0v) is 17.2. The van der Waals surface area contributed by atoms with Gasteiger partial charge in [0.15, 0.2) is 0 Å². The molecule has 5 nitrogen and oxygen atoms in total. The monoisotopic (exact) mass is 394 g/mol. The van der Waals surface area contributed by atoms with Crippen LogP contribution in [0.1, 0.15) is 36.7 Å². The first-order valence-electron chi connectivity index (χ1n) is 10.1. The first kappa shape index (κ1) is 20.7. The van der Waals surface area contributed by atoms with Crippen molar-refractivity contribution in [3.8, 4) is 6.07 Å². The van der Waals surface area contributed by atoms with Crippen molar-refractivity contribution in [3.05, 3.63) is 59.4 Å². The third-order valence-electron chi connectivity index (χ3n) is 5.42. The second-order valence-electron chi connectivity index (χ2n) is 7.45. The Hall–Kier alpha value is -3.07.